The number of aromatic nitrogens is 2. The summed E-state index contributed by atoms with van der Waals surface area (Å²) in [5.74, 6) is 0. The fourth-order valence-electron chi connectivity index (χ4n) is 3.62. The zero-order valence-corrected chi connectivity index (χ0v) is 20.6. The number of H-pyrrole nitrogens is 1. The van der Waals surface area contributed by atoms with Gasteiger partial charge >= 0.3 is 0 Å². The summed E-state index contributed by atoms with van der Waals surface area (Å²) >= 11 is 4.70. The fraction of sp³-hybridized carbons (Fsp3) is 0. The summed E-state index contributed by atoms with van der Waals surface area (Å²) in [7, 11) is 0. The molecule has 0 fully saturated rings. The van der Waals surface area contributed by atoms with Gasteiger partial charge in [-0.25, -0.2) is 9.67 Å². The van der Waals surface area contributed by atoms with Crippen LogP contribution in [-0.4, -0.2) is 25.7 Å². The van der Waals surface area contributed by atoms with Gasteiger partial charge in [-0.15, -0.1) is 11.3 Å². The summed E-state index contributed by atoms with van der Waals surface area (Å²) in [6.45, 7) is 0. The molecule has 0 amide bonds. The molecule has 0 aliphatic rings. The highest BCUT2D eigenvalue weighted by molar-refractivity contribution is 9.10. The van der Waals surface area contributed by atoms with Gasteiger partial charge in [-0.3, -0.25) is 20.2 Å². The Labute approximate surface area is 215 Å². The molecule has 5 rings (SSSR count). The van der Waals surface area contributed by atoms with Crippen molar-refractivity contribution in [2.24, 2.45) is 10.1 Å². The molecule has 0 spiro atoms. The molecule has 0 atom stereocenters. The van der Waals surface area contributed by atoms with Crippen molar-refractivity contribution in [3.8, 4) is 11.3 Å². The molecular formula is C24H15BrN6O4S. The molecule has 1 N–H and O–H groups in total. The second-order valence-corrected chi connectivity index (χ2v) is 9.31. The van der Waals surface area contributed by atoms with Crippen LogP contribution < -0.4 is 4.80 Å². The summed E-state index contributed by atoms with van der Waals surface area (Å²) < 4.78 is 2.44. The zero-order chi connectivity index (χ0) is 25.2. The van der Waals surface area contributed by atoms with Gasteiger partial charge in [0.25, 0.3) is 11.4 Å². The topological polar surface area (TPSA) is 132 Å². The van der Waals surface area contributed by atoms with Crippen LogP contribution in [-0.2, 0) is 0 Å². The van der Waals surface area contributed by atoms with E-state index in [0.717, 1.165) is 20.9 Å². The first-order valence-corrected chi connectivity index (χ1v) is 12.1. The molecule has 0 unspecified atom stereocenters. The smallest absolute Gasteiger partial charge is 0.294 e. The Balaban J connectivity index is 1.70. The molecule has 2 heterocycles. The molecule has 0 aliphatic heterocycles. The maximum atomic E-state index is 11.5. The van der Waals surface area contributed by atoms with Gasteiger partial charge in [0.1, 0.15) is 5.69 Å². The van der Waals surface area contributed by atoms with Crippen LogP contribution in [0.3, 0.4) is 0 Å². The third kappa shape index (κ3) is 4.59. The van der Waals surface area contributed by atoms with Gasteiger partial charge < -0.3 is 4.98 Å². The number of hydrogen-bond acceptors (Lipinski definition) is 7. The highest BCUT2D eigenvalue weighted by Crippen LogP contribution is 2.28. The predicted molar refractivity (Wildman–Crippen MR) is 142 cm³/mol. The molecule has 5 aromatic rings. The number of halogens is 1. The molecule has 10 nitrogen and oxygen atoms in total. The van der Waals surface area contributed by atoms with Crippen molar-refractivity contribution in [2.75, 3.05) is 0 Å². The Hall–Kier alpha value is -4.42. The minimum Gasteiger partial charge on any atom is -0.361 e. The standard InChI is InChI=1S/C24H15BrN6O4S/c25-17-8-9-20-19(11-17)16(12-26-20)13-27-29-23(15-4-3-5-18(10-15)30(32)33)14-36-24(29)28-21-6-1-2-7-22(21)31(34)35/h1-14,26H. The van der Waals surface area contributed by atoms with Gasteiger partial charge in [0.15, 0.2) is 0 Å². The van der Waals surface area contributed by atoms with E-state index in [1.54, 1.807) is 41.9 Å². The van der Waals surface area contributed by atoms with E-state index in [-0.39, 0.29) is 17.1 Å². The van der Waals surface area contributed by atoms with Gasteiger partial charge in [0, 0.05) is 56.3 Å². The molecular weight excluding hydrogens is 548 g/mol. The van der Waals surface area contributed by atoms with Crippen LogP contribution in [0.15, 0.2) is 92.9 Å². The largest absolute Gasteiger partial charge is 0.361 e. The molecule has 0 saturated carbocycles. The van der Waals surface area contributed by atoms with Crippen molar-refractivity contribution in [2.45, 2.75) is 0 Å². The molecule has 2 aromatic heterocycles. The summed E-state index contributed by atoms with van der Waals surface area (Å²) in [6.07, 6.45) is 3.47. The normalized spacial score (nSPS) is 12.0. The van der Waals surface area contributed by atoms with Gasteiger partial charge in [0.05, 0.1) is 21.8 Å². The quantitative estimate of drug-likeness (QED) is 0.146. The minimum absolute atomic E-state index is 0.0621. The molecule has 0 aliphatic carbocycles. The van der Waals surface area contributed by atoms with Crippen LogP contribution in [0.2, 0.25) is 0 Å². The number of rotatable bonds is 6. The maximum absolute atomic E-state index is 11.5. The number of thiazole rings is 1. The predicted octanol–water partition coefficient (Wildman–Crippen LogP) is 6.39. The summed E-state index contributed by atoms with van der Waals surface area (Å²) in [6, 6.07) is 18.2. The van der Waals surface area contributed by atoms with Gasteiger partial charge in [-0.2, -0.15) is 5.10 Å². The van der Waals surface area contributed by atoms with E-state index in [2.05, 4.69) is 31.0 Å². The molecule has 178 valence electrons. The van der Waals surface area contributed by atoms with E-state index in [0.29, 0.717) is 16.1 Å². The third-order valence-corrected chi connectivity index (χ3v) is 6.63. The molecule has 3 aromatic carbocycles. The zero-order valence-electron chi connectivity index (χ0n) is 18.2. The maximum Gasteiger partial charge on any atom is 0.294 e. The van der Waals surface area contributed by atoms with Gasteiger partial charge in [0.2, 0.25) is 4.80 Å². The second-order valence-electron chi connectivity index (χ2n) is 7.56. The van der Waals surface area contributed by atoms with Crippen LogP contribution in [0.1, 0.15) is 5.56 Å². The fourth-order valence-corrected chi connectivity index (χ4v) is 4.83. The molecule has 0 saturated heterocycles. The number of para-hydroxylation sites is 2. The summed E-state index contributed by atoms with van der Waals surface area (Å²) in [5.41, 5.74) is 2.83. The van der Waals surface area contributed by atoms with E-state index in [1.165, 1.54) is 34.2 Å². The van der Waals surface area contributed by atoms with Crippen LogP contribution in [0.4, 0.5) is 17.1 Å². The average Bonchev–Trinajstić information content (AvgIpc) is 3.46. The van der Waals surface area contributed by atoms with Crippen molar-refractivity contribution < 1.29 is 9.85 Å². The lowest BCUT2D eigenvalue weighted by Crippen LogP contribution is -2.11. The number of aromatic amines is 1. The number of nitrogens with zero attached hydrogens (tertiary/aromatic N) is 5. The second kappa shape index (κ2) is 9.68. The Morgan fingerprint density at radius 2 is 1.83 bits per heavy atom. The van der Waals surface area contributed by atoms with E-state index in [9.17, 15) is 20.2 Å². The number of non-ortho nitro benzene ring substituents is 1. The molecule has 12 heteroatoms. The van der Waals surface area contributed by atoms with Crippen LogP contribution in [0.25, 0.3) is 22.2 Å². The Bertz CT molecular complexity index is 1740. The Kier molecular flexibility index (Phi) is 6.27. The first-order valence-electron chi connectivity index (χ1n) is 10.5. The van der Waals surface area contributed by atoms with Crippen molar-refractivity contribution in [3.05, 3.63) is 113 Å². The van der Waals surface area contributed by atoms with Crippen molar-refractivity contribution in [1.29, 1.82) is 0 Å². The monoisotopic (exact) mass is 562 g/mol. The third-order valence-electron chi connectivity index (χ3n) is 5.32. The minimum atomic E-state index is -0.495. The lowest BCUT2D eigenvalue weighted by Gasteiger charge is -2.04. The average molecular weight is 563 g/mol. The SMILES string of the molecule is O=[N+]([O-])c1cccc(-c2csc(=Nc3ccccc3[N+](=O)[O-])n2N=Cc2c[nH]c3ccc(Br)cc23)c1. The van der Waals surface area contributed by atoms with Gasteiger partial charge in [-0.05, 0) is 24.3 Å². The first kappa shape index (κ1) is 23.3. The van der Waals surface area contributed by atoms with Crippen molar-refractivity contribution >= 4 is 61.4 Å². The summed E-state index contributed by atoms with van der Waals surface area (Å²) in [5, 5.41) is 30.2. The Morgan fingerprint density at radius 1 is 1.00 bits per heavy atom. The number of hydrogen-bond donors (Lipinski definition) is 1. The van der Waals surface area contributed by atoms with Crippen LogP contribution in [0.5, 0.6) is 0 Å². The van der Waals surface area contributed by atoms with E-state index < -0.39 is 9.85 Å². The van der Waals surface area contributed by atoms with Gasteiger partial charge in [-0.1, -0.05) is 40.2 Å². The number of nitrogens with one attached hydrogen (secondary N) is 1. The van der Waals surface area contributed by atoms with Crippen molar-refractivity contribution in [3.63, 3.8) is 0 Å². The molecule has 0 radical (unpaired) electrons. The highest BCUT2D eigenvalue weighted by Gasteiger charge is 2.15. The lowest BCUT2D eigenvalue weighted by atomic mass is 10.1. The van der Waals surface area contributed by atoms with Crippen LogP contribution >= 0.6 is 27.3 Å². The van der Waals surface area contributed by atoms with E-state index in [4.69, 9.17) is 0 Å². The summed E-state index contributed by atoms with van der Waals surface area (Å²) in [4.78, 5) is 29.9. The number of nitro benzene ring substituents is 2. The van der Waals surface area contributed by atoms with Crippen molar-refractivity contribution in [1.82, 2.24) is 9.66 Å². The number of benzene rings is 3. The Morgan fingerprint density at radius 3 is 2.64 bits per heavy atom. The first-order chi connectivity index (χ1) is 17.4. The molecule has 36 heavy (non-hydrogen) atoms. The van der Waals surface area contributed by atoms with E-state index >= 15 is 0 Å². The number of fused-ring (bicyclic) bond motifs is 1. The number of nitro groups is 2. The molecule has 0 bridgehead atoms. The van der Waals surface area contributed by atoms with E-state index in [1.807, 2.05) is 24.4 Å². The highest BCUT2D eigenvalue weighted by atomic mass is 79.9. The van der Waals surface area contributed by atoms with Crippen LogP contribution in [0, 0.1) is 20.2 Å². The lowest BCUT2D eigenvalue weighted by molar-refractivity contribution is -0.384.